The topological polar surface area (TPSA) is 131 Å². The summed E-state index contributed by atoms with van der Waals surface area (Å²) in [5.74, 6) is -2.14. The quantitative estimate of drug-likeness (QED) is 0.192. The molecule has 2 aliphatic heterocycles. The minimum absolute atomic E-state index is 0.0481. The summed E-state index contributed by atoms with van der Waals surface area (Å²) in [6.07, 6.45) is 6.93. The van der Waals surface area contributed by atoms with Crippen LogP contribution in [-0.4, -0.2) is 91.7 Å². The fourth-order valence-electron chi connectivity index (χ4n) is 5.75. The lowest BCUT2D eigenvalue weighted by atomic mass is 9.82. The van der Waals surface area contributed by atoms with E-state index >= 15 is 0 Å². The number of allylic oxidation sites excluding steroid dienone is 5. The summed E-state index contributed by atoms with van der Waals surface area (Å²) in [5.41, 5.74) is 1.84. The zero-order valence-corrected chi connectivity index (χ0v) is 27.1. The number of fused-ring (bicyclic) bond motifs is 2. The van der Waals surface area contributed by atoms with Gasteiger partial charge in [-0.15, -0.1) is 0 Å². The van der Waals surface area contributed by atoms with E-state index in [2.05, 4.69) is 10.2 Å². The van der Waals surface area contributed by atoms with Crippen molar-refractivity contribution in [1.82, 2.24) is 10.2 Å². The number of ether oxygens (including phenoxy) is 3. The normalized spacial score (nSPS) is 32.6. The molecule has 10 nitrogen and oxygen atoms in total. The lowest BCUT2D eigenvalue weighted by Crippen LogP contribution is -2.36. The Morgan fingerprint density at radius 3 is 2.43 bits per heavy atom. The minimum atomic E-state index is -0.904. The number of Topliss-reactive ketones (excluding diaryl/α,β-unsaturated/α-hetero) is 1. The Balaban J connectivity index is 2.02. The molecule has 2 N–H and O–H groups in total. The molecule has 3 aliphatic rings. The highest BCUT2D eigenvalue weighted by atomic mass is 16.6. The third kappa shape index (κ3) is 9.66. The Morgan fingerprint density at radius 2 is 1.82 bits per heavy atom. The zero-order valence-electron chi connectivity index (χ0n) is 27.1. The summed E-state index contributed by atoms with van der Waals surface area (Å²) >= 11 is 0. The van der Waals surface area contributed by atoms with Crippen LogP contribution >= 0.6 is 0 Å². The Morgan fingerprint density at radius 1 is 1.11 bits per heavy atom. The van der Waals surface area contributed by atoms with Crippen molar-refractivity contribution in [3.05, 3.63) is 58.4 Å². The highest BCUT2D eigenvalue weighted by Crippen LogP contribution is 2.31. The van der Waals surface area contributed by atoms with Crippen molar-refractivity contribution in [2.75, 3.05) is 33.9 Å². The van der Waals surface area contributed by atoms with Crippen molar-refractivity contribution in [3.8, 4) is 0 Å². The predicted molar refractivity (Wildman–Crippen MR) is 166 cm³/mol. The molecule has 44 heavy (non-hydrogen) atoms. The molecule has 0 saturated carbocycles. The third-order valence-electron chi connectivity index (χ3n) is 8.40. The van der Waals surface area contributed by atoms with Crippen LogP contribution in [0.1, 0.15) is 60.3 Å². The van der Waals surface area contributed by atoms with Crippen LogP contribution in [0.5, 0.6) is 0 Å². The molecule has 0 radical (unpaired) electrons. The first-order valence-corrected chi connectivity index (χ1v) is 15.4. The second-order valence-corrected chi connectivity index (χ2v) is 12.2. The molecule has 2 heterocycles. The van der Waals surface area contributed by atoms with Crippen LogP contribution in [-0.2, 0) is 33.4 Å². The van der Waals surface area contributed by atoms with E-state index in [0.29, 0.717) is 41.6 Å². The highest BCUT2D eigenvalue weighted by Gasteiger charge is 2.33. The summed E-state index contributed by atoms with van der Waals surface area (Å²) < 4.78 is 17.0. The van der Waals surface area contributed by atoms with Crippen molar-refractivity contribution < 1.29 is 38.5 Å². The van der Waals surface area contributed by atoms with Crippen LogP contribution in [0.3, 0.4) is 0 Å². The second-order valence-electron chi connectivity index (χ2n) is 12.2. The van der Waals surface area contributed by atoms with E-state index in [0.717, 1.165) is 26.1 Å². The molecule has 0 aromatic heterocycles. The predicted octanol–water partition coefficient (Wildman–Crippen LogP) is 3.37. The maximum Gasteiger partial charge on any atom is 0.303 e. The first kappa shape index (κ1) is 35.3. The number of rotatable bonds is 7. The second kappa shape index (κ2) is 16.2. The lowest BCUT2D eigenvalue weighted by Gasteiger charge is -2.30. The van der Waals surface area contributed by atoms with Crippen LogP contribution < -0.4 is 5.32 Å². The molecule has 1 saturated heterocycles. The van der Waals surface area contributed by atoms with Gasteiger partial charge in [-0.3, -0.25) is 19.2 Å². The molecule has 6 atom stereocenters. The number of carbonyl (C=O) groups excluding carboxylic acids is 4. The largest absolute Gasteiger partial charge is 0.455 e. The Hall–Kier alpha value is -3.18. The van der Waals surface area contributed by atoms with Crippen molar-refractivity contribution >= 4 is 23.4 Å². The zero-order chi connectivity index (χ0) is 32.6. The number of carbonyl (C=O) groups is 4. The SMILES string of the molecule is CO[C@H]1/C=C\C=C(/C)C(=O)NC2=CC(=O)C(CCCN3CC3)=C(C[C@@H](C)C[C@H](OC)[C@H](O)[C@@H](C)/C=C(\C)[C@@H]1OC(C)=O)C2=O. The number of esters is 1. The van der Waals surface area contributed by atoms with Gasteiger partial charge in [0.25, 0.3) is 5.91 Å². The van der Waals surface area contributed by atoms with Gasteiger partial charge in [0, 0.05) is 62.9 Å². The van der Waals surface area contributed by atoms with Crippen molar-refractivity contribution in [2.45, 2.75) is 84.7 Å². The molecule has 0 spiro atoms. The van der Waals surface area contributed by atoms with E-state index in [9.17, 15) is 24.3 Å². The van der Waals surface area contributed by atoms with Gasteiger partial charge in [0.15, 0.2) is 11.9 Å². The number of hydrogen-bond acceptors (Lipinski definition) is 9. The average Bonchev–Trinajstić information content (AvgIpc) is 3.80. The summed E-state index contributed by atoms with van der Waals surface area (Å²) in [4.78, 5) is 54.4. The summed E-state index contributed by atoms with van der Waals surface area (Å²) in [6.45, 7) is 11.5. The van der Waals surface area contributed by atoms with Crippen LogP contribution in [0, 0.1) is 11.8 Å². The number of aliphatic hydroxyl groups is 1. The molecule has 2 bridgehead atoms. The van der Waals surface area contributed by atoms with Gasteiger partial charge in [0.1, 0.15) is 6.10 Å². The third-order valence-corrected chi connectivity index (χ3v) is 8.40. The molecule has 1 fully saturated rings. The fourth-order valence-corrected chi connectivity index (χ4v) is 5.75. The molecule has 1 aliphatic carbocycles. The maximum absolute atomic E-state index is 13.8. The van der Waals surface area contributed by atoms with Crippen LogP contribution in [0.15, 0.2) is 58.4 Å². The lowest BCUT2D eigenvalue weighted by molar-refractivity contribution is -0.149. The Labute approximate surface area is 260 Å². The van der Waals surface area contributed by atoms with Gasteiger partial charge in [-0.2, -0.15) is 0 Å². The Bertz CT molecular complexity index is 1260. The summed E-state index contributed by atoms with van der Waals surface area (Å²) in [5, 5.41) is 14.0. The molecular formula is C34H48N2O8. The van der Waals surface area contributed by atoms with E-state index in [1.807, 2.05) is 26.8 Å². The number of nitrogens with zero attached hydrogens (tertiary/aromatic N) is 1. The van der Waals surface area contributed by atoms with Gasteiger partial charge >= 0.3 is 5.97 Å². The molecule has 3 rings (SSSR count). The molecule has 1 amide bonds. The average molecular weight is 613 g/mol. The van der Waals surface area contributed by atoms with Crippen LogP contribution in [0.4, 0.5) is 0 Å². The number of ketones is 2. The minimum Gasteiger partial charge on any atom is -0.455 e. The van der Waals surface area contributed by atoms with Gasteiger partial charge in [-0.1, -0.05) is 38.2 Å². The molecule has 0 aromatic carbocycles. The molecule has 242 valence electrons. The first-order valence-electron chi connectivity index (χ1n) is 15.4. The molecule has 0 unspecified atom stereocenters. The van der Waals surface area contributed by atoms with Gasteiger partial charge in [0.05, 0.1) is 17.9 Å². The molecule has 10 heteroatoms. The summed E-state index contributed by atoms with van der Waals surface area (Å²) in [7, 11) is 3.02. The van der Waals surface area contributed by atoms with E-state index in [1.54, 1.807) is 25.2 Å². The van der Waals surface area contributed by atoms with Gasteiger partial charge < -0.3 is 29.5 Å². The first-order chi connectivity index (χ1) is 20.9. The smallest absolute Gasteiger partial charge is 0.303 e. The van der Waals surface area contributed by atoms with Crippen molar-refractivity contribution in [2.24, 2.45) is 11.8 Å². The number of methoxy groups -OCH3 is 2. The van der Waals surface area contributed by atoms with Crippen LogP contribution in [0.25, 0.3) is 0 Å². The highest BCUT2D eigenvalue weighted by molar-refractivity contribution is 6.23. The number of aliphatic hydroxyl groups excluding tert-OH is 1. The fraction of sp³-hybridized carbons (Fsp3) is 0.588. The van der Waals surface area contributed by atoms with Gasteiger partial charge in [-0.25, -0.2) is 0 Å². The maximum atomic E-state index is 13.8. The van der Waals surface area contributed by atoms with E-state index < -0.39 is 36.3 Å². The van der Waals surface area contributed by atoms with Crippen LogP contribution in [0.2, 0.25) is 0 Å². The summed E-state index contributed by atoms with van der Waals surface area (Å²) in [6, 6.07) is 0. The Kier molecular flexibility index (Phi) is 13.0. The van der Waals surface area contributed by atoms with Crippen molar-refractivity contribution in [3.63, 3.8) is 0 Å². The van der Waals surface area contributed by atoms with Gasteiger partial charge in [0.2, 0.25) is 5.78 Å². The van der Waals surface area contributed by atoms with Crippen molar-refractivity contribution in [1.29, 1.82) is 0 Å². The monoisotopic (exact) mass is 612 g/mol. The standard InChI is InChI=1S/C34H48N2O8/c1-20-16-26-25(11-9-13-36-14-15-36)28(38)19-27(32(26)40)35-34(41)21(2)10-8-12-29(42-6)33(44-24(5)37)23(4)18-22(3)31(39)30(17-20)43-7/h8,10,12,18-20,22,29-31,33,39H,9,11,13-17H2,1-7H3,(H,35,41)/b12-8-,21-10+,23-18+/t20-,22+,29+,30+,31-,33+/m1/s1. The van der Waals surface area contributed by atoms with Gasteiger partial charge in [-0.05, 0) is 57.6 Å². The number of nitrogens with one attached hydrogen (secondary N) is 1. The number of hydrogen-bond donors (Lipinski definition) is 2. The molecule has 0 aromatic rings. The van der Waals surface area contributed by atoms with E-state index in [4.69, 9.17) is 14.2 Å². The van der Waals surface area contributed by atoms with E-state index in [-0.39, 0.29) is 29.1 Å². The van der Waals surface area contributed by atoms with E-state index in [1.165, 1.54) is 27.2 Å². The number of amides is 1. The molecular weight excluding hydrogens is 564 g/mol.